The molecule has 33 heavy (non-hydrogen) atoms. The Hall–Kier alpha value is -2.97. The van der Waals surface area contributed by atoms with E-state index in [-0.39, 0.29) is 16.7 Å². The molecule has 0 aliphatic carbocycles. The molecule has 0 radical (unpaired) electrons. The second-order valence-electron chi connectivity index (χ2n) is 8.94. The molecule has 0 atom stereocenters. The Morgan fingerprint density at radius 1 is 1.18 bits per heavy atom. The maximum Gasteiger partial charge on any atom is 0.207 e. The first kappa shape index (κ1) is 23.2. The van der Waals surface area contributed by atoms with Crippen LogP contribution in [0.15, 0.2) is 53.5 Å². The van der Waals surface area contributed by atoms with Crippen molar-refractivity contribution in [3.05, 3.63) is 85.9 Å². The summed E-state index contributed by atoms with van der Waals surface area (Å²) in [4.78, 5) is 4.70. The zero-order valence-electron chi connectivity index (χ0n) is 18.7. The van der Waals surface area contributed by atoms with Gasteiger partial charge in [0.1, 0.15) is 21.8 Å². The predicted octanol–water partition coefficient (Wildman–Crippen LogP) is 3.46. The standard InChI is InChI=1S/C24H26ClFN6S/c1-24(2)13-29-23-31(3)22(33)19(20(27)32(23)14-24)21(30-18-10-8-17(26)9-11-18)28-12-15-4-6-16(25)7-5-15/h4-11,27-28,30H,12-14H2,1-3H3. The van der Waals surface area contributed by atoms with Gasteiger partial charge in [0.25, 0.3) is 0 Å². The number of aromatic nitrogens is 2. The lowest BCUT2D eigenvalue weighted by Gasteiger charge is -2.29. The molecule has 1 aromatic heterocycles. The Labute approximate surface area is 201 Å². The van der Waals surface area contributed by atoms with Crippen molar-refractivity contribution in [1.82, 2.24) is 14.5 Å². The Balaban J connectivity index is 1.89. The SMILES string of the molecule is Cn1c(=S)c(=C(NCc2ccc(Cl)cc2)Nc2ccc(F)cc2)c(=N)n2c1=NCC(C)(C)C2. The lowest BCUT2D eigenvalue weighted by Crippen LogP contribution is -2.55. The highest BCUT2D eigenvalue weighted by molar-refractivity contribution is 7.71. The first-order valence-electron chi connectivity index (χ1n) is 10.6. The molecule has 0 spiro atoms. The maximum atomic E-state index is 13.5. The summed E-state index contributed by atoms with van der Waals surface area (Å²) < 4.78 is 17.7. The maximum absolute atomic E-state index is 13.5. The highest BCUT2D eigenvalue weighted by Crippen LogP contribution is 2.18. The minimum atomic E-state index is -0.319. The van der Waals surface area contributed by atoms with Gasteiger partial charge in [-0.1, -0.05) is 49.8 Å². The minimum absolute atomic E-state index is 0.0675. The fraction of sp³-hybridized carbons (Fsp3) is 0.292. The molecule has 1 aliphatic rings. The number of benzene rings is 2. The largest absolute Gasteiger partial charge is 0.367 e. The average Bonchev–Trinajstić information content (AvgIpc) is 2.78. The van der Waals surface area contributed by atoms with Crippen molar-refractivity contribution in [3.8, 4) is 0 Å². The van der Waals surface area contributed by atoms with Gasteiger partial charge in [-0.05, 0) is 42.0 Å². The molecule has 0 unspecified atom stereocenters. The van der Waals surface area contributed by atoms with Crippen LogP contribution in [-0.4, -0.2) is 15.7 Å². The molecule has 0 amide bonds. The van der Waals surface area contributed by atoms with E-state index in [0.29, 0.717) is 51.6 Å². The van der Waals surface area contributed by atoms with Crippen molar-refractivity contribution in [1.29, 1.82) is 5.41 Å². The van der Waals surface area contributed by atoms with E-state index in [9.17, 15) is 4.39 Å². The zero-order chi connectivity index (χ0) is 23.8. The number of nitrogens with zero attached hydrogens (tertiary/aromatic N) is 3. The van der Waals surface area contributed by atoms with Gasteiger partial charge in [-0.3, -0.25) is 15.0 Å². The van der Waals surface area contributed by atoms with E-state index in [1.807, 2.05) is 40.4 Å². The summed E-state index contributed by atoms with van der Waals surface area (Å²) >= 11 is 11.8. The van der Waals surface area contributed by atoms with Gasteiger partial charge >= 0.3 is 0 Å². The monoisotopic (exact) mass is 484 g/mol. The van der Waals surface area contributed by atoms with Crippen LogP contribution in [0.4, 0.5) is 10.1 Å². The molecule has 9 heteroatoms. The number of nitrogens with one attached hydrogen (secondary N) is 3. The summed E-state index contributed by atoms with van der Waals surface area (Å²) in [7, 11) is 1.87. The number of hydrogen-bond donors (Lipinski definition) is 3. The van der Waals surface area contributed by atoms with E-state index in [4.69, 9.17) is 34.2 Å². The van der Waals surface area contributed by atoms with Gasteiger partial charge in [0.15, 0.2) is 0 Å². The quantitative estimate of drug-likeness (QED) is 0.486. The molecule has 172 valence electrons. The van der Waals surface area contributed by atoms with E-state index in [2.05, 4.69) is 24.5 Å². The molecule has 2 aromatic carbocycles. The summed E-state index contributed by atoms with van der Waals surface area (Å²) in [5.41, 5.74) is 2.59. The molecule has 3 N–H and O–H groups in total. The van der Waals surface area contributed by atoms with Crippen LogP contribution >= 0.6 is 23.8 Å². The molecule has 0 bridgehead atoms. The number of fused-ring (bicyclic) bond motifs is 1. The number of halogens is 2. The Morgan fingerprint density at radius 2 is 1.85 bits per heavy atom. The van der Waals surface area contributed by atoms with Crippen molar-refractivity contribution in [2.24, 2.45) is 17.5 Å². The van der Waals surface area contributed by atoms with Crippen LogP contribution in [0.3, 0.4) is 0 Å². The Bertz CT molecular complexity index is 1420. The van der Waals surface area contributed by atoms with Gasteiger partial charge in [0.2, 0.25) is 5.62 Å². The van der Waals surface area contributed by atoms with E-state index in [0.717, 1.165) is 5.56 Å². The van der Waals surface area contributed by atoms with Crippen molar-refractivity contribution in [2.75, 3.05) is 11.9 Å². The van der Waals surface area contributed by atoms with Gasteiger partial charge in [0, 0.05) is 42.8 Å². The van der Waals surface area contributed by atoms with Gasteiger partial charge < -0.3 is 15.2 Å². The highest BCUT2D eigenvalue weighted by atomic mass is 35.5. The topological polar surface area (TPSA) is 70.1 Å². The Kier molecular flexibility index (Phi) is 6.41. The normalized spacial score (nSPS) is 15.3. The van der Waals surface area contributed by atoms with Crippen molar-refractivity contribution < 1.29 is 4.39 Å². The van der Waals surface area contributed by atoms with Crippen LogP contribution < -0.4 is 27.0 Å². The molecule has 2 heterocycles. The van der Waals surface area contributed by atoms with Crippen molar-refractivity contribution in [3.63, 3.8) is 0 Å². The van der Waals surface area contributed by atoms with Crippen molar-refractivity contribution >= 4 is 35.3 Å². The first-order chi connectivity index (χ1) is 15.6. The smallest absolute Gasteiger partial charge is 0.207 e. The fourth-order valence-electron chi connectivity index (χ4n) is 3.77. The fourth-order valence-corrected chi connectivity index (χ4v) is 4.18. The van der Waals surface area contributed by atoms with E-state index >= 15 is 0 Å². The van der Waals surface area contributed by atoms with Crippen LogP contribution in [0.2, 0.25) is 5.02 Å². The summed E-state index contributed by atoms with van der Waals surface area (Å²) in [6, 6.07) is 13.6. The van der Waals surface area contributed by atoms with Gasteiger partial charge in [0.05, 0.1) is 5.22 Å². The van der Waals surface area contributed by atoms with E-state index in [1.165, 1.54) is 12.1 Å². The number of rotatable bonds is 5. The second kappa shape index (κ2) is 9.11. The average molecular weight is 485 g/mol. The van der Waals surface area contributed by atoms with Gasteiger partial charge in [-0.2, -0.15) is 0 Å². The third-order valence-corrected chi connectivity index (χ3v) is 6.28. The van der Waals surface area contributed by atoms with Crippen LogP contribution in [-0.2, 0) is 20.1 Å². The minimum Gasteiger partial charge on any atom is -0.367 e. The third kappa shape index (κ3) is 5.02. The molecule has 0 saturated carbocycles. The van der Waals surface area contributed by atoms with Gasteiger partial charge in [-0.15, -0.1) is 0 Å². The van der Waals surface area contributed by atoms with Crippen LogP contribution in [0.5, 0.6) is 0 Å². The van der Waals surface area contributed by atoms with Crippen LogP contribution in [0, 0.1) is 21.3 Å². The summed E-state index contributed by atoms with van der Waals surface area (Å²) in [6.07, 6.45) is 0. The van der Waals surface area contributed by atoms with E-state index < -0.39 is 0 Å². The number of hydrogen-bond acceptors (Lipinski definition) is 5. The molecular formula is C24H26ClFN6S. The lowest BCUT2D eigenvalue weighted by molar-refractivity contribution is 0.268. The summed E-state index contributed by atoms with van der Waals surface area (Å²) in [6.45, 7) is 6.08. The Morgan fingerprint density at radius 3 is 2.52 bits per heavy atom. The van der Waals surface area contributed by atoms with Crippen LogP contribution in [0.1, 0.15) is 19.4 Å². The van der Waals surface area contributed by atoms with Crippen LogP contribution in [0.25, 0.3) is 5.82 Å². The molecule has 3 aromatic rings. The highest BCUT2D eigenvalue weighted by Gasteiger charge is 2.24. The lowest BCUT2D eigenvalue weighted by atomic mass is 9.93. The van der Waals surface area contributed by atoms with Crippen molar-refractivity contribution in [2.45, 2.75) is 26.9 Å². The molecule has 4 rings (SSSR count). The molecular weight excluding hydrogens is 459 g/mol. The molecule has 6 nitrogen and oxygen atoms in total. The summed E-state index contributed by atoms with van der Waals surface area (Å²) in [5.74, 6) is 0.252. The number of anilines is 1. The zero-order valence-corrected chi connectivity index (χ0v) is 20.3. The van der Waals surface area contributed by atoms with E-state index in [1.54, 1.807) is 12.1 Å². The molecule has 0 saturated heterocycles. The third-order valence-electron chi connectivity index (χ3n) is 5.55. The summed E-state index contributed by atoms with van der Waals surface area (Å²) in [5, 5.41) is 17.0. The first-order valence-corrected chi connectivity index (χ1v) is 11.4. The molecule has 1 aliphatic heterocycles. The predicted molar refractivity (Wildman–Crippen MR) is 131 cm³/mol. The van der Waals surface area contributed by atoms with Gasteiger partial charge in [-0.25, -0.2) is 4.39 Å². The molecule has 0 fully saturated rings. The second-order valence-corrected chi connectivity index (χ2v) is 9.76.